The van der Waals surface area contributed by atoms with Crippen molar-refractivity contribution in [1.29, 1.82) is 0 Å². The summed E-state index contributed by atoms with van der Waals surface area (Å²) in [5.74, 6) is -5.28. The van der Waals surface area contributed by atoms with E-state index in [1.807, 2.05) is 0 Å². The van der Waals surface area contributed by atoms with E-state index >= 15 is 0 Å². The summed E-state index contributed by atoms with van der Waals surface area (Å²) < 4.78 is 9.63. The maximum atomic E-state index is 12.1. The largest absolute Gasteiger partial charge is 0.546 e. The Kier molecular flexibility index (Phi) is 6.05. The highest BCUT2D eigenvalue weighted by Crippen LogP contribution is 2.12. The number of esters is 2. The maximum Gasteiger partial charge on any atom is 0.339 e. The van der Waals surface area contributed by atoms with Gasteiger partial charge in [0, 0.05) is 0 Å². The zero-order chi connectivity index (χ0) is 19.1. The molecule has 0 spiro atoms. The lowest BCUT2D eigenvalue weighted by atomic mass is 10.1. The molecule has 134 valence electrons. The van der Waals surface area contributed by atoms with Crippen molar-refractivity contribution in [2.24, 2.45) is 5.73 Å². The van der Waals surface area contributed by atoms with Crippen molar-refractivity contribution < 1.29 is 33.8 Å². The van der Waals surface area contributed by atoms with Crippen LogP contribution < -0.4 is 10.8 Å². The zero-order valence-electron chi connectivity index (χ0n) is 13.4. The van der Waals surface area contributed by atoms with Crippen molar-refractivity contribution in [1.82, 2.24) is 0 Å². The van der Waals surface area contributed by atoms with Gasteiger partial charge < -0.3 is 25.1 Å². The Bertz CT molecular complexity index is 735. The van der Waals surface area contributed by atoms with Gasteiger partial charge in [-0.2, -0.15) is 0 Å². The fourth-order valence-corrected chi connectivity index (χ4v) is 2.02. The maximum absolute atomic E-state index is 12.1. The van der Waals surface area contributed by atoms with Gasteiger partial charge in [-0.3, -0.25) is 4.79 Å². The molecule has 0 bridgehead atoms. The van der Waals surface area contributed by atoms with E-state index in [1.165, 1.54) is 36.4 Å². The predicted octanol–water partition coefficient (Wildman–Crippen LogP) is -0.327. The van der Waals surface area contributed by atoms with Gasteiger partial charge in [0.15, 0.2) is 6.10 Å². The van der Waals surface area contributed by atoms with Crippen LogP contribution in [0.1, 0.15) is 20.7 Å². The van der Waals surface area contributed by atoms with E-state index in [0.717, 1.165) is 0 Å². The minimum atomic E-state index is -2.20. The van der Waals surface area contributed by atoms with E-state index < -0.39 is 36.0 Å². The van der Waals surface area contributed by atoms with Crippen molar-refractivity contribution in [3.8, 4) is 0 Å². The SMILES string of the molecule is NC(=O)[C@@H](OC(=O)c1ccccc1)[C@H](OC(=O)c1ccccc1)C(=O)[O-]. The van der Waals surface area contributed by atoms with Crippen LogP contribution in [-0.4, -0.2) is 36.0 Å². The molecule has 0 saturated heterocycles. The van der Waals surface area contributed by atoms with Crippen LogP contribution in [0.2, 0.25) is 0 Å². The van der Waals surface area contributed by atoms with Crippen LogP contribution in [0, 0.1) is 0 Å². The van der Waals surface area contributed by atoms with Crippen LogP contribution >= 0.6 is 0 Å². The number of carboxylic acids is 1. The van der Waals surface area contributed by atoms with Crippen molar-refractivity contribution in [3.63, 3.8) is 0 Å². The standard InChI is InChI=1S/C18H15NO7/c19-15(20)13(25-17(23)11-7-3-1-4-8-11)14(16(21)22)26-18(24)12-9-5-2-6-10-12/h1-10,13-14H,(H2,19,20)(H,21,22)/p-1/t13-,14-/m0/s1. The quantitative estimate of drug-likeness (QED) is 0.671. The van der Waals surface area contributed by atoms with Crippen LogP contribution in [0.15, 0.2) is 60.7 Å². The molecule has 2 aromatic carbocycles. The Morgan fingerprint density at radius 3 is 1.46 bits per heavy atom. The number of rotatable bonds is 7. The lowest BCUT2D eigenvalue weighted by Gasteiger charge is -2.25. The van der Waals surface area contributed by atoms with Gasteiger partial charge in [0.1, 0.15) is 0 Å². The van der Waals surface area contributed by atoms with Crippen molar-refractivity contribution in [2.75, 3.05) is 0 Å². The molecule has 0 aliphatic rings. The Morgan fingerprint density at radius 2 is 1.12 bits per heavy atom. The molecule has 0 unspecified atom stereocenters. The molecule has 2 rings (SSSR count). The van der Waals surface area contributed by atoms with Crippen molar-refractivity contribution >= 4 is 23.8 Å². The Balaban J connectivity index is 2.20. The first-order chi connectivity index (χ1) is 12.4. The molecule has 8 heteroatoms. The molecule has 8 nitrogen and oxygen atoms in total. The minimum Gasteiger partial charge on any atom is -0.546 e. The molecule has 0 aliphatic heterocycles. The minimum absolute atomic E-state index is 0.0383. The monoisotopic (exact) mass is 356 g/mol. The molecule has 0 radical (unpaired) electrons. The number of carboxylic acid groups (broad SMARTS) is 1. The summed E-state index contributed by atoms with van der Waals surface area (Å²) in [4.78, 5) is 47.0. The summed E-state index contributed by atoms with van der Waals surface area (Å²) >= 11 is 0. The first kappa shape index (κ1) is 18.7. The van der Waals surface area contributed by atoms with Crippen LogP contribution in [-0.2, 0) is 19.1 Å². The second-order valence-electron chi connectivity index (χ2n) is 5.11. The molecule has 2 aromatic rings. The number of primary amides is 1. The lowest BCUT2D eigenvalue weighted by molar-refractivity contribution is -0.317. The topological polar surface area (TPSA) is 136 Å². The van der Waals surface area contributed by atoms with Gasteiger partial charge >= 0.3 is 11.9 Å². The van der Waals surface area contributed by atoms with E-state index in [4.69, 9.17) is 15.2 Å². The Labute approximate surface area is 148 Å². The molecule has 26 heavy (non-hydrogen) atoms. The van der Waals surface area contributed by atoms with Crippen molar-refractivity contribution in [3.05, 3.63) is 71.8 Å². The van der Waals surface area contributed by atoms with Gasteiger partial charge in [-0.15, -0.1) is 0 Å². The average molecular weight is 356 g/mol. The third-order valence-electron chi connectivity index (χ3n) is 3.27. The van der Waals surface area contributed by atoms with Crippen LogP contribution in [0.4, 0.5) is 0 Å². The second-order valence-corrected chi connectivity index (χ2v) is 5.11. The van der Waals surface area contributed by atoms with Gasteiger partial charge in [-0.05, 0) is 24.3 Å². The Morgan fingerprint density at radius 1 is 0.731 bits per heavy atom. The average Bonchev–Trinajstić information content (AvgIpc) is 2.65. The number of ether oxygens (including phenoxy) is 2. The first-order valence-corrected chi connectivity index (χ1v) is 7.42. The molecule has 0 heterocycles. The third kappa shape index (κ3) is 4.67. The van der Waals surface area contributed by atoms with Gasteiger partial charge in [-0.1, -0.05) is 36.4 Å². The highest BCUT2D eigenvalue weighted by molar-refractivity contribution is 5.96. The summed E-state index contributed by atoms with van der Waals surface area (Å²) in [6.45, 7) is 0. The molecule has 0 aromatic heterocycles. The first-order valence-electron chi connectivity index (χ1n) is 7.42. The molecule has 0 saturated carbocycles. The normalized spacial score (nSPS) is 12.5. The molecular formula is C18H14NO7-. The highest BCUT2D eigenvalue weighted by atomic mass is 16.6. The summed E-state index contributed by atoms with van der Waals surface area (Å²) in [6.07, 6.45) is -4.26. The third-order valence-corrected chi connectivity index (χ3v) is 3.27. The molecule has 0 aliphatic carbocycles. The summed E-state index contributed by atoms with van der Waals surface area (Å²) in [5, 5.41) is 11.3. The predicted molar refractivity (Wildman–Crippen MR) is 85.5 cm³/mol. The molecule has 2 atom stereocenters. The summed E-state index contributed by atoms with van der Waals surface area (Å²) in [7, 11) is 0. The molecular weight excluding hydrogens is 342 g/mol. The smallest absolute Gasteiger partial charge is 0.339 e. The number of benzene rings is 2. The highest BCUT2D eigenvalue weighted by Gasteiger charge is 2.35. The number of nitrogens with two attached hydrogens (primary N) is 1. The van der Waals surface area contributed by atoms with Gasteiger partial charge in [0.25, 0.3) is 5.91 Å². The van der Waals surface area contributed by atoms with E-state index in [0.29, 0.717) is 0 Å². The van der Waals surface area contributed by atoms with E-state index in [2.05, 4.69) is 0 Å². The lowest BCUT2D eigenvalue weighted by Crippen LogP contribution is -2.53. The zero-order valence-corrected chi connectivity index (χ0v) is 13.4. The van der Waals surface area contributed by atoms with E-state index in [-0.39, 0.29) is 11.1 Å². The molecule has 1 amide bonds. The Hall–Kier alpha value is -3.68. The fraction of sp³-hybridized carbons (Fsp3) is 0.111. The van der Waals surface area contributed by atoms with Gasteiger partial charge in [-0.25, -0.2) is 9.59 Å². The van der Waals surface area contributed by atoms with E-state index in [9.17, 15) is 24.3 Å². The van der Waals surface area contributed by atoms with Gasteiger partial charge in [0.2, 0.25) is 6.10 Å². The number of carbonyl (C=O) groups excluding carboxylic acids is 4. The number of hydrogen-bond donors (Lipinski definition) is 1. The number of hydrogen-bond acceptors (Lipinski definition) is 7. The fourth-order valence-electron chi connectivity index (χ4n) is 2.02. The van der Waals surface area contributed by atoms with Crippen molar-refractivity contribution in [2.45, 2.75) is 12.2 Å². The van der Waals surface area contributed by atoms with Crippen LogP contribution in [0.25, 0.3) is 0 Å². The summed E-state index contributed by atoms with van der Waals surface area (Å²) in [5.41, 5.74) is 5.22. The van der Waals surface area contributed by atoms with Crippen LogP contribution in [0.3, 0.4) is 0 Å². The molecule has 0 fully saturated rings. The number of amides is 1. The summed E-state index contributed by atoms with van der Waals surface area (Å²) in [6, 6.07) is 15.0. The number of carbonyl (C=O) groups is 4. The van der Waals surface area contributed by atoms with Crippen LogP contribution in [0.5, 0.6) is 0 Å². The number of aliphatic carboxylic acids is 1. The van der Waals surface area contributed by atoms with E-state index in [1.54, 1.807) is 24.3 Å². The van der Waals surface area contributed by atoms with Gasteiger partial charge in [0.05, 0.1) is 17.1 Å². The second kappa shape index (κ2) is 8.43. The molecule has 2 N–H and O–H groups in total.